The van der Waals surface area contributed by atoms with E-state index in [0.717, 1.165) is 28.0 Å². The van der Waals surface area contributed by atoms with Gasteiger partial charge in [0.15, 0.2) is 0 Å². The Morgan fingerprint density at radius 1 is 0.903 bits per heavy atom. The summed E-state index contributed by atoms with van der Waals surface area (Å²) in [4.78, 5) is 24.6. The van der Waals surface area contributed by atoms with Crippen molar-refractivity contribution in [2.24, 2.45) is 0 Å². The van der Waals surface area contributed by atoms with Gasteiger partial charge < -0.3 is 10.1 Å². The van der Waals surface area contributed by atoms with Crippen LogP contribution in [0.4, 0.5) is 10.5 Å². The predicted molar refractivity (Wildman–Crippen MR) is 122 cm³/mol. The fourth-order valence-electron chi connectivity index (χ4n) is 3.34. The third kappa shape index (κ3) is 6.17. The molecule has 160 valence electrons. The number of rotatable bonds is 7. The molecule has 0 unspecified atom stereocenters. The van der Waals surface area contributed by atoms with E-state index < -0.39 is 11.9 Å². The smallest absolute Gasteiger partial charge is 0.325 e. The summed E-state index contributed by atoms with van der Waals surface area (Å²) in [7, 11) is 1.62. The van der Waals surface area contributed by atoms with E-state index in [9.17, 15) is 9.59 Å². The zero-order valence-electron chi connectivity index (χ0n) is 17.9. The molecule has 0 fully saturated rings. The minimum atomic E-state index is -0.556. The first-order chi connectivity index (χ1) is 15.0. The number of aryl methyl sites for hydroxylation is 2. The molecule has 3 N–H and O–H groups in total. The predicted octanol–water partition coefficient (Wildman–Crippen LogP) is 4.34. The fourth-order valence-corrected chi connectivity index (χ4v) is 3.34. The summed E-state index contributed by atoms with van der Waals surface area (Å²) in [5.41, 5.74) is 4.71. The third-order valence-corrected chi connectivity index (χ3v) is 4.93. The SMILES string of the molecule is COc1ccc([C@H](NCC(=O)NC(=O)Nc2ccc(C)cc2C)c2ccccc2)cc1. The van der Waals surface area contributed by atoms with Gasteiger partial charge in [-0.2, -0.15) is 0 Å². The maximum absolute atomic E-state index is 12.4. The van der Waals surface area contributed by atoms with Crippen LogP contribution in [0.25, 0.3) is 0 Å². The van der Waals surface area contributed by atoms with Gasteiger partial charge in [0.05, 0.1) is 19.7 Å². The van der Waals surface area contributed by atoms with E-state index in [0.29, 0.717) is 5.69 Å². The lowest BCUT2D eigenvalue weighted by Gasteiger charge is -2.20. The van der Waals surface area contributed by atoms with Gasteiger partial charge in [-0.25, -0.2) is 4.79 Å². The molecule has 1 atom stereocenters. The topological polar surface area (TPSA) is 79.5 Å². The number of anilines is 1. The van der Waals surface area contributed by atoms with E-state index >= 15 is 0 Å². The average molecular weight is 418 g/mol. The van der Waals surface area contributed by atoms with Gasteiger partial charge in [0.2, 0.25) is 5.91 Å². The van der Waals surface area contributed by atoms with Crippen LogP contribution in [0.2, 0.25) is 0 Å². The first-order valence-corrected chi connectivity index (χ1v) is 10.1. The van der Waals surface area contributed by atoms with Crippen molar-refractivity contribution in [3.05, 3.63) is 95.1 Å². The molecule has 0 saturated heterocycles. The summed E-state index contributed by atoms with van der Waals surface area (Å²) in [6.07, 6.45) is 0. The van der Waals surface area contributed by atoms with Crippen LogP contribution in [0.15, 0.2) is 72.8 Å². The largest absolute Gasteiger partial charge is 0.497 e. The molecule has 0 aromatic heterocycles. The number of imide groups is 1. The first-order valence-electron chi connectivity index (χ1n) is 10.1. The Kier molecular flexibility index (Phi) is 7.40. The van der Waals surface area contributed by atoms with Crippen LogP contribution >= 0.6 is 0 Å². The normalized spacial score (nSPS) is 11.5. The molecule has 31 heavy (non-hydrogen) atoms. The molecule has 0 radical (unpaired) electrons. The zero-order valence-corrected chi connectivity index (χ0v) is 17.9. The Morgan fingerprint density at radius 2 is 1.58 bits per heavy atom. The van der Waals surface area contributed by atoms with E-state index in [1.165, 1.54) is 0 Å². The number of amides is 3. The molecule has 0 spiro atoms. The Bertz CT molecular complexity index is 1030. The van der Waals surface area contributed by atoms with Crippen LogP contribution < -0.4 is 20.7 Å². The van der Waals surface area contributed by atoms with Crippen molar-refractivity contribution in [2.45, 2.75) is 19.9 Å². The monoisotopic (exact) mass is 417 g/mol. The van der Waals surface area contributed by atoms with Crippen LogP contribution in [0.1, 0.15) is 28.3 Å². The number of nitrogens with one attached hydrogen (secondary N) is 3. The highest BCUT2D eigenvalue weighted by molar-refractivity contribution is 6.02. The number of methoxy groups -OCH3 is 1. The van der Waals surface area contributed by atoms with E-state index in [2.05, 4.69) is 16.0 Å². The van der Waals surface area contributed by atoms with Crippen LogP contribution in [0.5, 0.6) is 5.75 Å². The first kappa shape index (κ1) is 22.1. The van der Waals surface area contributed by atoms with Crippen LogP contribution in [0, 0.1) is 13.8 Å². The number of benzene rings is 3. The number of hydrogen-bond donors (Lipinski definition) is 3. The molecular weight excluding hydrogens is 390 g/mol. The Labute approximate surface area is 182 Å². The molecule has 3 aromatic rings. The number of ether oxygens (including phenoxy) is 1. The number of carbonyl (C=O) groups is 2. The molecule has 6 heteroatoms. The van der Waals surface area contributed by atoms with Crippen molar-refractivity contribution < 1.29 is 14.3 Å². The molecule has 0 bridgehead atoms. The summed E-state index contributed by atoms with van der Waals surface area (Å²) in [6.45, 7) is 3.87. The lowest BCUT2D eigenvalue weighted by atomic mass is 9.98. The minimum absolute atomic E-state index is 0.0219. The van der Waals surface area contributed by atoms with Crippen molar-refractivity contribution >= 4 is 17.6 Å². The number of urea groups is 1. The van der Waals surface area contributed by atoms with Crippen molar-refractivity contribution in [2.75, 3.05) is 19.0 Å². The Morgan fingerprint density at radius 3 is 2.23 bits per heavy atom. The average Bonchev–Trinajstić information content (AvgIpc) is 2.77. The maximum Gasteiger partial charge on any atom is 0.325 e. The molecule has 3 amide bonds. The van der Waals surface area contributed by atoms with Crippen molar-refractivity contribution in [3.8, 4) is 5.75 Å². The second-order valence-corrected chi connectivity index (χ2v) is 7.32. The second kappa shape index (κ2) is 10.4. The highest BCUT2D eigenvalue weighted by Crippen LogP contribution is 2.24. The van der Waals surface area contributed by atoms with Gasteiger partial charge in [0, 0.05) is 5.69 Å². The summed E-state index contributed by atoms with van der Waals surface area (Å²) >= 11 is 0. The van der Waals surface area contributed by atoms with E-state index in [1.54, 1.807) is 7.11 Å². The quantitative estimate of drug-likeness (QED) is 0.534. The second-order valence-electron chi connectivity index (χ2n) is 7.32. The van der Waals surface area contributed by atoms with Gasteiger partial charge >= 0.3 is 6.03 Å². The summed E-state index contributed by atoms with van der Waals surface area (Å²) in [6, 6.07) is 22.4. The third-order valence-electron chi connectivity index (χ3n) is 4.93. The van der Waals surface area contributed by atoms with Crippen molar-refractivity contribution in [3.63, 3.8) is 0 Å². The fraction of sp³-hybridized carbons (Fsp3) is 0.200. The molecule has 0 aliphatic heterocycles. The van der Waals surface area contributed by atoms with Gasteiger partial charge in [0.25, 0.3) is 0 Å². The molecule has 0 aliphatic carbocycles. The maximum atomic E-state index is 12.4. The number of hydrogen-bond acceptors (Lipinski definition) is 4. The zero-order chi connectivity index (χ0) is 22.2. The van der Waals surface area contributed by atoms with Gasteiger partial charge in [-0.3, -0.25) is 15.4 Å². The Balaban J connectivity index is 1.63. The molecule has 0 saturated carbocycles. The Hall–Kier alpha value is -3.64. The van der Waals surface area contributed by atoms with Gasteiger partial charge in [-0.1, -0.05) is 60.2 Å². The molecule has 0 aliphatic rings. The van der Waals surface area contributed by atoms with E-state index in [-0.39, 0.29) is 12.6 Å². The summed E-state index contributed by atoms with van der Waals surface area (Å²) in [5, 5.41) is 8.34. The van der Waals surface area contributed by atoms with Gasteiger partial charge in [-0.15, -0.1) is 0 Å². The molecular formula is C25H27N3O3. The molecule has 0 heterocycles. The number of carbonyl (C=O) groups excluding carboxylic acids is 2. The van der Waals surface area contributed by atoms with E-state index in [1.807, 2.05) is 86.6 Å². The highest BCUT2D eigenvalue weighted by Gasteiger charge is 2.16. The van der Waals surface area contributed by atoms with Gasteiger partial charge in [0.1, 0.15) is 5.75 Å². The van der Waals surface area contributed by atoms with E-state index in [4.69, 9.17) is 4.74 Å². The van der Waals surface area contributed by atoms with Crippen LogP contribution in [-0.4, -0.2) is 25.6 Å². The summed E-state index contributed by atoms with van der Waals surface area (Å²) in [5.74, 6) is 0.341. The minimum Gasteiger partial charge on any atom is -0.497 e. The molecule has 3 aromatic carbocycles. The van der Waals surface area contributed by atoms with Gasteiger partial charge in [-0.05, 0) is 48.7 Å². The lowest BCUT2D eigenvalue weighted by Crippen LogP contribution is -2.41. The highest BCUT2D eigenvalue weighted by atomic mass is 16.5. The van der Waals surface area contributed by atoms with Crippen molar-refractivity contribution in [1.29, 1.82) is 0 Å². The standard InChI is InChI=1S/C25H27N3O3/c1-17-9-14-22(18(2)15-17)27-25(30)28-23(29)16-26-24(19-7-5-4-6-8-19)20-10-12-21(31-3)13-11-20/h4-15,24,26H,16H2,1-3H3,(H2,27,28,29,30)/t24-/m1/s1. The van der Waals surface area contributed by atoms with Crippen molar-refractivity contribution in [1.82, 2.24) is 10.6 Å². The van der Waals surface area contributed by atoms with Crippen LogP contribution in [-0.2, 0) is 4.79 Å². The lowest BCUT2D eigenvalue weighted by molar-refractivity contribution is -0.119. The molecule has 6 nitrogen and oxygen atoms in total. The molecule has 3 rings (SSSR count). The van der Waals surface area contributed by atoms with Crippen LogP contribution in [0.3, 0.4) is 0 Å². The summed E-state index contributed by atoms with van der Waals surface area (Å²) < 4.78 is 5.23.